The Morgan fingerprint density at radius 1 is 1.32 bits per heavy atom. The van der Waals surface area contributed by atoms with Gasteiger partial charge in [-0.05, 0) is 55.4 Å². The lowest BCUT2D eigenvalue weighted by Gasteiger charge is -2.11. The number of fused-ring (bicyclic) bond motifs is 1. The van der Waals surface area contributed by atoms with Crippen LogP contribution in [0.15, 0.2) is 47.6 Å². The monoisotopic (exact) mass is 312 g/mol. The number of nitrogens with one attached hydrogen (secondary N) is 2. The van der Waals surface area contributed by atoms with E-state index in [0.29, 0.717) is 6.41 Å². The average Bonchev–Trinajstić information content (AvgIpc) is 2.91. The summed E-state index contributed by atoms with van der Waals surface area (Å²) in [6.45, 7) is 0. The lowest BCUT2D eigenvalue weighted by atomic mass is 10.0. The minimum absolute atomic E-state index is 0.678. The molecule has 0 atom stereocenters. The van der Waals surface area contributed by atoms with E-state index in [1.165, 1.54) is 0 Å². The Labute approximate surface area is 132 Å². The molecule has 2 aromatic heterocycles. The molecule has 0 saturated carbocycles. The Bertz CT molecular complexity index is 813. The molecule has 3 rings (SSSR count). The molecule has 5 nitrogen and oxygen atoms in total. The molecule has 3 aromatic rings. The third-order valence-corrected chi connectivity index (χ3v) is 4.05. The lowest BCUT2D eigenvalue weighted by molar-refractivity contribution is -0.105. The molecule has 0 aliphatic carbocycles. The summed E-state index contributed by atoms with van der Waals surface area (Å²) in [5.41, 5.74) is 3.62. The zero-order valence-electron chi connectivity index (χ0n) is 12.3. The van der Waals surface area contributed by atoms with Crippen LogP contribution in [0.1, 0.15) is 0 Å². The van der Waals surface area contributed by atoms with Crippen LogP contribution in [0.4, 0.5) is 5.69 Å². The van der Waals surface area contributed by atoms with Crippen molar-refractivity contribution in [1.29, 1.82) is 0 Å². The molecule has 0 unspecified atom stereocenters. The highest BCUT2D eigenvalue weighted by Crippen LogP contribution is 2.34. The number of hydrogen-bond acceptors (Lipinski definition) is 4. The molecule has 0 aliphatic heterocycles. The fraction of sp³-hybridized carbons (Fsp3) is 0.125. The summed E-state index contributed by atoms with van der Waals surface area (Å²) >= 11 is 1.67. The number of pyridine rings is 1. The first-order valence-corrected chi connectivity index (χ1v) is 7.58. The van der Waals surface area contributed by atoms with Gasteiger partial charge >= 0.3 is 0 Å². The van der Waals surface area contributed by atoms with Gasteiger partial charge in [0, 0.05) is 17.3 Å². The molecule has 1 aromatic carbocycles. The van der Waals surface area contributed by atoms with E-state index in [9.17, 15) is 4.79 Å². The van der Waals surface area contributed by atoms with Crippen LogP contribution in [0.2, 0.25) is 0 Å². The summed E-state index contributed by atoms with van der Waals surface area (Å²) in [6.07, 6.45) is 4.20. The molecule has 0 saturated heterocycles. The van der Waals surface area contributed by atoms with Crippen molar-refractivity contribution < 1.29 is 4.79 Å². The van der Waals surface area contributed by atoms with Gasteiger partial charge in [0.05, 0.1) is 11.1 Å². The van der Waals surface area contributed by atoms with Crippen molar-refractivity contribution in [3.8, 4) is 11.1 Å². The Morgan fingerprint density at radius 3 is 2.95 bits per heavy atom. The van der Waals surface area contributed by atoms with Gasteiger partial charge in [-0.1, -0.05) is 12.1 Å². The summed E-state index contributed by atoms with van der Waals surface area (Å²) in [6, 6.07) is 10.3. The molecule has 0 bridgehead atoms. The highest BCUT2D eigenvalue weighted by Gasteiger charge is 2.11. The number of carbonyl (C=O) groups excluding carboxylic acids is 1. The van der Waals surface area contributed by atoms with Gasteiger partial charge in [-0.25, -0.2) is 4.98 Å². The molecule has 2 N–H and O–H groups in total. The van der Waals surface area contributed by atoms with Gasteiger partial charge in [-0.15, -0.1) is 0 Å². The number of amides is 1. The van der Waals surface area contributed by atoms with Crippen molar-refractivity contribution in [3.63, 3.8) is 0 Å². The summed E-state index contributed by atoms with van der Waals surface area (Å²) in [5.74, 6) is 0. The van der Waals surface area contributed by atoms with E-state index in [2.05, 4.69) is 37.8 Å². The summed E-state index contributed by atoms with van der Waals surface area (Å²) in [5, 5.41) is 3.64. The highest BCUT2D eigenvalue weighted by molar-refractivity contribution is 7.97. The summed E-state index contributed by atoms with van der Waals surface area (Å²) in [7, 11) is 4.03. The van der Waals surface area contributed by atoms with Crippen molar-refractivity contribution in [2.75, 3.05) is 19.4 Å². The molecule has 0 spiro atoms. The van der Waals surface area contributed by atoms with E-state index in [1.54, 1.807) is 24.3 Å². The van der Waals surface area contributed by atoms with Gasteiger partial charge in [0.25, 0.3) is 0 Å². The number of rotatable bonds is 5. The predicted molar refractivity (Wildman–Crippen MR) is 90.8 cm³/mol. The van der Waals surface area contributed by atoms with Gasteiger partial charge in [-0.2, -0.15) is 0 Å². The number of hydrogen-bond donors (Lipinski definition) is 2. The largest absolute Gasteiger partial charge is 0.344 e. The number of carbonyl (C=O) groups is 1. The molecular weight excluding hydrogens is 296 g/mol. The number of benzene rings is 1. The Balaban J connectivity index is 2.13. The van der Waals surface area contributed by atoms with Crippen LogP contribution in [0, 0.1) is 0 Å². The summed E-state index contributed by atoms with van der Waals surface area (Å²) in [4.78, 5) is 19.3. The second-order valence-electron chi connectivity index (χ2n) is 4.98. The molecular formula is C16H16N4OS. The number of anilines is 1. The van der Waals surface area contributed by atoms with Crippen molar-refractivity contribution >= 4 is 35.1 Å². The van der Waals surface area contributed by atoms with Crippen LogP contribution in [0.25, 0.3) is 22.2 Å². The first-order chi connectivity index (χ1) is 10.7. The standard InChI is InChI=1S/C16H16N4OS/c1-20(2)22-12-5-3-4-11(8-12)13-6-7-17-16-15(13)14(9-18-16)19-10-21/h3-10H,1-2H3,(H,17,18)(H,19,21). The fourth-order valence-corrected chi connectivity index (χ4v) is 3.15. The second kappa shape index (κ2) is 6.21. The quantitative estimate of drug-likeness (QED) is 0.560. The Morgan fingerprint density at radius 2 is 2.18 bits per heavy atom. The van der Waals surface area contributed by atoms with E-state index in [-0.39, 0.29) is 0 Å². The third kappa shape index (κ3) is 2.84. The number of H-pyrrole nitrogens is 1. The number of aromatic amines is 1. The number of aromatic nitrogens is 2. The normalized spacial score (nSPS) is 11.0. The SMILES string of the molecule is CN(C)Sc1cccc(-c2ccnc3[nH]cc(NC=O)c23)c1. The molecule has 22 heavy (non-hydrogen) atoms. The van der Waals surface area contributed by atoms with Gasteiger partial charge in [0.15, 0.2) is 0 Å². The van der Waals surface area contributed by atoms with E-state index in [0.717, 1.165) is 32.7 Å². The predicted octanol–water partition coefficient (Wildman–Crippen LogP) is 3.37. The second-order valence-corrected chi connectivity index (χ2v) is 6.36. The maximum Gasteiger partial charge on any atom is 0.211 e. The molecule has 6 heteroatoms. The zero-order valence-corrected chi connectivity index (χ0v) is 13.1. The molecule has 0 aliphatic rings. The van der Waals surface area contributed by atoms with E-state index >= 15 is 0 Å². The molecule has 0 radical (unpaired) electrons. The Hall–Kier alpha value is -2.31. The molecule has 0 fully saturated rings. The third-order valence-electron chi connectivity index (χ3n) is 3.22. The van der Waals surface area contributed by atoms with Crippen LogP contribution >= 0.6 is 11.9 Å². The molecule has 112 valence electrons. The van der Waals surface area contributed by atoms with Crippen LogP contribution in [-0.4, -0.2) is 34.8 Å². The fourth-order valence-electron chi connectivity index (χ4n) is 2.41. The van der Waals surface area contributed by atoms with Crippen LogP contribution in [0.3, 0.4) is 0 Å². The van der Waals surface area contributed by atoms with Crippen LogP contribution in [-0.2, 0) is 4.79 Å². The van der Waals surface area contributed by atoms with E-state index in [4.69, 9.17) is 0 Å². The molecule has 1 amide bonds. The Kier molecular flexibility index (Phi) is 4.13. The van der Waals surface area contributed by atoms with Crippen molar-refractivity contribution in [1.82, 2.24) is 14.3 Å². The highest BCUT2D eigenvalue weighted by atomic mass is 32.2. The minimum atomic E-state index is 0.678. The van der Waals surface area contributed by atoms with Crippen molar-refractivity contribution in [2.24, 2.45) is 0 Å². The van der Waals surface area contributed by atoms with Crippen LogP contribution in [0.5, 0.6) is 0 Å². The van der Waals surface area contributed by atoms with E-state index in [1.807, 2.05) is 26.2 Å². The van der Waals surface area contributed by atoms with Crippen molar-refractivity contribution in [2.45, 2.75) is 4.90 Å². The maximum absolute atomic E-state index is 10.8. The van der Waals surface area contributed by atoms with Gasteiger partial charge in [-0.3, -0.25) is 9.10 Å². The lowest BCUT2D eigenvalue weighted by Crippen LogP contribution is -1.98. The van der Waals surface area contributed by atoms with Crippen LogP contribution < -0.4 is 5.32 Å². The number of nitrogens with zero attached hydrogens (tertiary/aromatic N) is 2. The minimum Gasteiger partial charge on any atom is -0.344 e. The maximum atomic E-state index is 10.8. The van der Waals surface area contributed by atoms with Gasteiger partial charge < -0.3 is 10.3 Å². The summed E-state index contributed by atoms with van der Waals surface area (Å²) < 4.78 is 2.05. The van der Waals surface area contributed by atoms with Gasteiger partial charge in [0.2, 0.25) is 6.41 Å². The van der Waals surface area contributed by atoms with E-state index < -0.39 is 0 Å². The topological polar surface area (TPSA) is 61.0 Å². The molecule has 2 heterocycles. The average molecular weight is 312 g/mol. The first kappa shape index (κ1) is 14.6. The zero-order chi connectivity index (χ0) is 15.5. The van der Waals surface area contributed by atoms with Crippen molar-refractivity contribution in [3.05, 3.63) is 42.7 Å². The van der Waals surface area contributed by atoms with Gasteiger partial charge in [0.1, 0.15) is 5.65 Å². The smallest absolute Gasteiger partial charge is 0.211 e. The first-order valence-electron chi connectivity index (χ1n) is 6.81.